The summed E-state index contributed by atoms with van der Waals surface area (Å²) < 4.78 is 6.23. The van der Waals surface area contributed by atoms with Crippen LogP contribution in [-0.2, 0) is 6.54 Å². The molecule has 4 nitrogen and oxygen atoms in total. The molecule has 1 aliphatic rings. The number of hydrogen-bond donors (Lipinski definition) is 1. The van der Waals surface area contributed by atoms with Crippen LogP contribution >= 0.6 is 15.9 Å². The zero-order valence-electron chi connectivity index (χ0n) is 9.90. The maximum Gasteiger partial charge on any atom is 0.240 e. The van der Waals surface area contributed by atoms with Gasteiger partial charge in [-0.25, -0.2) is 0 Å². The summed E-state index contributed by atoms with van der Waals surface area (Å²) >= 11 is 3.43. The molecular weight excluding hydrogens is 294 g/mol. The third-order valence-corrected chi connectivity index (χ3v) is 3.45. The maximum absolute atomic E-state index is 5.22. The Morgan fingerprint density at radius 2 is 2.28 bits per heavy atom. The Balaban J connectivity index is 1.64. The lowest BCUT2D eigenvalue weighted by atomic mass is 10.2. The minimum atomic E-state index is 0.638. The predicted molar refractivity (Wildman–Crippen MR) is 71.9 cm³/mol. The van der Waals surface area contributed by atoms with E-state index in [1.54, 1.807) is 0 Å². The zero-order chi connectivity index (χ0) is 12.4. The smallest absolute Gasteiger partial charge is 0.240 e. The Bertz CT molecular complexity index is 537. The van der Waals surface area contributed by atoms with Gasteiger partial charge in [0.2, 0.25) is 11.7 Å². The fourth-order valence-corrected chi connectivity index (χ4v) is 2.18. The average molecular weight is 308 g/mol. The van der Waals surface area contributed by atoms with Crippen LogP contribution in [0.15, 0.2) is 33.3 Å². The molecule has 1 saturated carbocycles. The van der Waals surface area contributed by atoms with Crippen LogP contribution in [-0.4, -0.2) is 16.7 Å². The Morgan fingerprint density at radius 3 is 3.06 bits per heavy atom. The molecule has 2 aromatic rings. The molecular formula is C13H14BrN3O. The van der Waals surface area contributed by atoms with Crippen LogP contribution in [0.3, 0.4) is 0 Å². The fourth-order valence-electron chi connectivity index (χ4n) is 1.78. The molecule has 94 valence electrons. The summed E-state index contributed by atoms with van der Waals surface area (Å²) in [4.78, 5) is 4.38. The minimum absolute atomic E-state index is 0.638. The van der Waals surface area contributed by atoms with E-state index in [-0.39, 0.29) is 0 Å². The second-order valence-electron chi connectivity index (χ2n) is 4.60. The zero-order valence-corrected chi connectivity index (χ0v) is 11.5. The van der Waals surface area contributed by atoms with E-state index in [2.05, 4.69) is 31.4 Å². The summed E-state index contributed by atoms with van der Waals surface area (Å²) in [5.41, 5.74) is 0.960. The molecule has 1 aromatic heterocycles. The van der Waals surface area contributed by atoms with Gasteiger partial charge in [0, 0.05) is 10.0 Å². The summed E-state index contributed by atoms with van der Waals surface area (Å²) in [7, 11) is 0. The molecule has 1 aromatic carbocycles. The molecule has 0 saturated heterocycles. The van der Waals surface area contributed by atoms with E-state index in [9.17, 15) is 0 Å². The number of rotatable bonds is 5. The van der Waals surface area contributed by atoms with E-state index in [0.29, 0.717) is 18.3 Å². The van der Waals surface area contributed by atoms with E-state index >= 15 is 0 Å². The first-order valence-electron chi connectivity index (χ1n) is 6.10. The highest BCUT2D eigenvalue weighted by Crippen LogP contribution is 2.27. The molecule has 1 aliphatic carbocycles. The van der Waals surface area contributed by atoms with Gasteiger partial charge in [0.05, 0.1) is 6.54 Å². The van der Waals surface area contributed by atoms with Gasteiger partial charge < -0.3 is 9.84 Å². The van der Waals surface area contributed by atoms with E-state index in [4.69, 9.17) is 4.52 Å². The van der Waals surface area contributed by atoms with Crippen LogP contribution in [0, 0.1) is 5.92 Å². The number of nitrogens with zero attached hydrogens (tertiary/aromatic N) is 2. The second-order valence-corrected chi connectivity index (χ2v) is 5.51. The van der Waals surface area contributed by atoms with Crippen molar-refractivity contribution in [3.63, 3.8) is 0 Å². The lowest BCUT2D eigenvalue weighted by molar-refractivity contribution is 0.367. The molecule has 0 aliphatic heterocycles. The van der Waals surface area contributed by atoms with Crippen molar-refractivity contribution < 1.29 is 4.52 Å². The SMILES string of the molecule is Brc1cccc(-c2noc(CNCC3CC3)n2)c1. The van der Waals surface area contributed by atoms with E-state index < -0.39 is 0 Å². The molecule has 0 radical (unpaired) electrons. The van der Waals surface area contributed by atoms with E-state index in [0.717, 1.165) is 22.5 Å². The van der Waals surface area contributed by atoms with Crippen LogP contribution in [0.5, 0.6) is 0 Å². The molecule has 1 fully saturated rings. The summed E-state index contributed by atoms with van der Waals surface area (Å²) in [6.07, 6.45) is 2.69. The van der Waals surface area contributed by atoms with Crippen molar-refractivity contribution in [3.8, 4) is 11.4 Å². The van der Waals surface area contributed by atoms with Crippen molar-refractivity contribution in [1.82, 2.24) is 15.5 Å². The molecule has 1 N–H and O–H groups in total. The van der Waals surface area contributed by atoms with Crippen molar-refractivity contribution in [2.45, 2.75) is 19.4 Å². The topological polar surface area (TPSA) is 51.0 Å². The molecule has 0 bridgehead atoms. The van der Waals surface area contributed by atoms with Gasteiger partial charge in [-0.05, 0) is 37.4 Å². The van der Waals surface area contributed by atoms with E-state index in [1.807, 2.05) is 24.3 Å². The van der Waals surface area contributed by atoms with Crippen molar-refractivity contribution in [1.29, 1.82) is 0 Å². The molecule has 3 rings (SSSR count). The fraction of sp³-hybridized carbons (Fsp3) is 0.385. The molecule has 0 atom stereocenters. The highest BCUT2D eigenvalue weighted by atomic mass is 79.9. The molecule has 0 spiro atoms. The van der Waals surface area contributed by atoms with Crippen LogP contribution in [0.4, 0.5) is 0 Å². The highest BCUT2D eigenvalue weighted by molar-refractivity contribution is 9.10. The largest absolute Gasteiger partial charge is 0.338 e. The average Bonchev–Trinajstić information content (AvgIpc) is 3.06. The molecule has 18 heavy (non-hydrogen) atoms. The normalized spacial score (nSPS) is 14.9. The quantitative estimate of drug-likeness (QED) is 0.922. The van der Waals surface area contributed by atoms with Gasteiger partial charge in [-0.15, -0.1) is 0 Å². The number of aromatic nitrogens is 2. The Kier molecular flexibility index (Phi) is 3.43. The summed E-state index contributed by atoms with van der Waals surface area (Å²) in [5.74, 6) is 2.14. The third-order valence-electron chi connectivity index (χ3n) is 2.96. The minimum Gasteiger partial charge on any atom is -0.338 e. The Morgan fingerprint density at radius 1 is 1.39 bits per heavy atom. The maximum atomic E-state index is 5.22. The number of benzene rings is 1. The molecule has 5 heteroatoms. The lowest BCUT2D eigenvalue weighted by Crippen LogP contribution is -2.16. The van der Waals surface area contributed by atoms with Gasteiger partial charge in [0.15, 0.2) is 0 Å². The predicted octanol–water partition coefficient (Wildman–Crippen LogP) is 3.00. The van der Waals surface area contributed by atoms with Gasteiger partial charge in [-0.1, -0.05) is 33.2 Å². The van der Waals surface area contributed by atoms with Crippen LogP contribution in [0.25, 0.3) is 11.4 Å². The first-order chi connectivity index (χ1) is 8.81. The summed E-state index contributed by atoms with van der Waals surface area (Å²) in [6.45, 7) is 1.70. The van der Waals surface area contributed by atoms with Gasteiger partial charge in [0.25, 0.3) is 0 Å². The van der Waals surface area contributed by atoms with Crippen molar-refractivity contribution in [2.75, 3.05) is 6.54 Å². The lowest BCUT2D eigenvalue weighted by Gasteiger charge is -1.97. The third kappa shape index (κ3) is 2.97. The number of nitrogens with one attached hydrogen (secondary N) is 1. The monoisotopic (exact) mass is 307 g/mol. The summed E-state index contributed by atoms with van der Waals surface area (Å²) in [6, 6.07) is 7.88. The first-order valence-corrected chi connectivity index (χ1v) is 6.90. The van der Waals surface area contributed by atoms with Gasteiger partial charge >= 0.3 is 0 Å². The van der Waals surface area contributed by atoms with Crippen molar-refractivity contribution >= 4 is 15.9 Å². The standard InChI is InChI=1S/C13H14BrN3O/c14-11-3-1-2-10(6-11)13-16-12(18-17-13)8-15-7-9-4-5-9/h1-3,6,9,15H,4-5,7-8H2. The van der Waals surface area contributed by atoms with Crippen molar-refractivity contribution in [2.24, 2.45) is 5.92 Å². The van der Waals surface area contributed by atoms with Crippen molar-refractivity contribution in [3.05, 3.63) is 34.6 Å². The van der Waals surface area contributed by atoms with Crippen LogP contribution < -0.4 is 5.32 Å². The van der Waals surface area contributed by atoms with Gasteiger partial charge in [-0.2, -0.15) is 4.98 Å². The summed E-state index contributed by atoms with van der Waals surface area (Å²) in [5, 5.41) is 7.33. The number of halogens is 1. The van der Waals surface area contributed by atoms with Crippen LogP contribution in [0.1, 0.15) is 18.7 Å². The van der Waals surface area contributed by atoms with Crippen LogP contribution in [0.2, 0.25) is 0 Å². The second kappa shape index (κ2) is 5.20. The molecule has 0 unspecified atom stereocenters. The van der Waals surface area contributed by atoms with E-state index in [1.165, 1.54) is 12.8 Å². The Hall–Kier alpha value is -1.20. The Labute approximate surface area is 114 Å². The number of hydrogen-bond acceptors (Lipinski definition) is 4. The highest BCUT2D eigenvalue weighted by Gasteiger charge is 2.20. The molecule has 1 heterocycles. The first kappa shape index (κ1) is 11.9. The van der Waals surface area contributed by atoms with Gasteiger partial charge in [-0.3, -0.25) is 0 Å². The van der Waals surface area contributed by atoms with Gasteiger partial charge in [0.1, 0.15) is 0 Å². The molecule has 0 amide bonds.